The first-order chi connectivity index (χ1) is 54.4. The quantitative estimate of drug-likeness (QED) is 0.0720. The molecule has 2 spiro atoms. The van der Waals surface area contributed by atoms with Crippen molar-refractivity contribution >= 4 is 46.5 Å². The lowest BCUT2D eigenvalue weighted by Gasteiger charge is -2.55. The molecule has 6 fully saturated rings. The summed E-state index contributed by atoms with van der Waals surface area (Å²) in [7, 11) is 0. The van der Waals surface area contributed by atoms with Crippen molar-refractivity contribution in [2.45, 2.75) is 117 Å². The third kappa shape index (κ3) is 19.0. The lowest BCUT2D eigenvalue weighted by atomic mass is 9.78. The maximum atomic E-state index is 13.6. The van der Waals surface area contributed by atoms with Crippen molar-refractivity contribution in [2.24, 2.45) is 10.8 Å². The lowest BCUT2D eigenvalue weighted by Crippen LogP contribution is -2.66. The second-order valence-electron chi connectivity index (χ2n) is 30.3. The summed E-state index contributed by atoms with van der Waals surface area (Å²) in [5.74, 6) is 5.66. The van der Waals surface area contributed by atoms with Gasteiger partial charge >= 0.3 is 0 Å². The molecule has 0 amide bonds. The van der Waals surface area contributed by atoms with Gasteiger partial charge in [0.05, 0.1) is 95.5 Å². The Morgan fingerprint density at radius 1 is 0.402 bits per heavy atom. The van der Waals surface area contributed by atoms with Gasteiger partial charge in [0.2, 0.25) is 0 Å². The number of rotatable bonds is 20. The molecule has 28 heteroatoms. The Bertz CT molecular complexity index is 4800. The topological polar surface area (TPSA) is 246 Å². The molecule has 2 N–H and O–H groups in total. The fraction of sp³-hybridized carbons (Fsp3) is 0.381. The number of aromatic nitrogens is 16. The normalized spacial score (nSPS) is 16.5. The van der Waals surface area contributed by atoms with Gasteiger partial charge in [-0.25, -0.2) is 47.4 Å². The Balaban J connectivity index is 0.000000118. The SMILES string of the molecule is Cc1ccc(Cc2cc(N3CC4(COC4)C3)nc(-n3ccc(C(C)F)n3)n2)cc1.Cc1ccc(Cc2cc(N3CC4(COC4)C3)nc(-n3ccc(C(C)O)n3)n2)cc1.FCc1ccn(-c2nc(Cc3ccc(Cl)cc3)cc(N3CCCCC3)n2)n1.OCc1ccn(-c2nc(Cc3ccc(Cl)cc3)cc(N3CCCCC3)n2)n1. The molecule has 8 aromatic heterocycles. The Kier molecular flexibility index (Phi) is 23.8. The number of piperidine rings is 2. The molecule has 2 unspecified atom stereocenters. The number of benzene rings is 4. The summed E-state index contributed by atoms with van der Waals surface area (Å²) < 4.78 is 43.7. The van der Waals surface area contributed by atoms with Crippen LogP contribution in [-0.4, -0.2) is 168 Å². The summed E-state index contributed by atoms with van der Waals surface area (Å²) in [5, 5.41) is 37.9. The smallest absolute Gasteiger partial charge is 0.252 e. The maximum Gasteiger partial charge on any atom is 0.252 e. The van der Waals surface area contributed by atoms with Crippen molar-refractivity contribution in [3.63, 3.8) is 0 Å². The fourth-order valence-corrected chi connectivity index (χ4v) is 14.7. The molecule has 6 saturated heterocycles. The molecular weight excluding hydrogens is 1460 g/mol. The van der Waals surface area contributed by atoms with E-state index in [1.54, 1.807) is 74.7 Å². The van der Waals surface area contributed by atoms with Gasteiger partial charge in [0.15, 0.2) is 0 Å². The minimum atomic E-state index is -1.12. The van der Waals surface area contributed by atoms with Gasteiger partial charge in [-0.3, -0.25) is 0 Å². The molecule has 112 heavy (non-hydrogen) atoms. The number of aryl methyl sites for hydroxylation is 2. The fourth-order valence-electron chi connectivity index (χ4n) is 14.4. The van der Waals surface area contributed by atoms with Gasteiger partial charge in [0.1, 0.15) is 36.1 Å². The van der Waals surface area contributed by atoms with E-state index < -0.39 is 19.0 Å². The van der Waals surface area contributed by atoms with Gasteiger partial charge in [0.25, 0.3) is 23.8 Å². The highest BCUT2D eigenvalue weighted by Crippen LogP contribution is 2.42. The Labute approximate surface area is 660 Å². The zero-order chi connectivity index (χ0) is 77.3. The van der Waals surface area contributed by atoms with E-state index in [0.29, 0.717) is 81.7 Å². The number of aliphatic hydroxyl groups excluding tert-OH is 2. The van der Waals surface area contributed by atoms with Crippen LogP contribution in [0.5, 0.6) is 0 Å². The molecule has 24 nitrogen and oxygen atoms in total. The Hall–Kier alpha value is -10.5. The van der Waals surface area contributed by atoms with Gasteiger partial charge in [-0.1, -0.05) is 107 Å². The van der Waals surface area contributed by atoms with Crippen molar-refractivity contribution in [3.8, 4) is 23.8 Å². The standard InChI is InChI=1S/C22H24FN5O.C22H25N5O2.C20H21ClFN5.C20H22ClN5O/c1-15-3-5-17(6-4-15)9-18-10-20(27-11-22(12-27)13-29-14-22)25-21(24-18)28-8-7-19(26-28)16(2)23;1-15-3-5-17(6-4-15)9-18-10-20(26-11-22(12-26)13-29-14-22)24-21(23-18)27-8-7-19(25-27)16(2)28;21-16-6-4-15(5-7-16)12-18-13-19(26-9-2-1-3-10-26)24-20(23-18)27-11-8-17(14-22)25-27;21-16-6-4-15(5-7-16)12-18-13-19(25-9-2-1-3-10-25)23-20(22-18)26-11-8-17(14-27)24-26/h3-8,10,16H,9,11-14H2,1-2H3;3-8,10,16,28H,9,11-14H2,1-2H3;4-8,11,13H,1-3,9-10,12,14H2;4-8,11,13,27H,1-3,9-10,12,14H2. The van der Waals surface area contributed by atoms with Crippen LogP contribution in [0.15, 0.2) is 170 Å². The molecule has 0 aliphatic carbocycles. The van der Waals surface area contributed by atoms with Crippen molar-refractivity contribution in [1.29, 1.82) is 0 Å². The van der Waals surface area contributed by atoms with Crippen LogP contribution < -0.4 is 19.6 Å². The predicted molar refractivity (Wildman–Crippen MR) is 427 cm³/mol. The first kappa shape index (κ1) is 76.9. The molecule has 12 aromatic rings. The van der Waals surface area contributed by atoms with E-state index >= 15 is 0 Å². The first-order valence-corrected chi connectivity index (χ1v) is 39.2. The lowest BCUT2D eigenvalue weighted by molar-refractivity contribution is -0.127. The van der Waals surface area contributed by atoms with E-state index in [1.165, 1.54) is 67.7 Å². The third-order valence-electron chi connectivity index (χ3n) is 20.8. The largest absolute Gasteiger partial charge is 0.390 e. The molecular formula is C84H92Cl2F2N20O4. The van der Waals surface area contributed by atoms with Crippen LogP contribution in [0.4, 0.5) is 32.1 Å². The second-order valence-corrected chi connectivity index (χ2v) is 31.1. The van der Waals surface area contributed by atoms with Crippen LogP contribution >= 0.6 is 23.2 Å². The minimum absolute atomic E-state index is 0.101. The van der Waals surface area contributed by atoms with E-state index in [2.05, 4.69) is 126 Å². The summed E-state index contributed by atoms with van der Waals surface area (Å²) in [4.78, 5) is 47.0. The van der Waals surface area contributed by atoms with Crippen LogP contribution in [0.3, 0.4) is 0 Å². The number of alkyl halides is 2. The number of aliphatic hydroxyl groups is 2. The van der Waals surface area contributed by atoms with Crippen molar-refractivity contribution < 1.29 is 28.5 Å². The molecule has 18 rings (SSSR count). The molecule has 0 radical (unpaired) electrons. The number of nitrogens with zero attached hydrogens (tertiary/aromatic N) is 20. The zero-order valence-electron chi connectivity index (χ0n) is 63.5. The first-order valence-electron chi connectivity index (χ1n) is 38.4. The summed E-state index contributed by atoms with van der Waals surface area (Å²) >= 11 is 12.0. The van der Waals surface area contributed by atoms with Crippen LogP contribution in [0, 0.1) is 24.7 Å². The average Bonchev–Trinajstić information content (AvgIpc) is 0.897. The predicted octanol–water partition coefficient (Wildman–Crippen LogP) is 13.6. The van der Waals surface area contributed by atoms with E-state index in [-0.39, 0.29) is 6.61 Å². The molecule has 0 bridgehead atoms. The van der Waals surface area contributed by atoms with Crippen LogP contribution in [0.2, 0.25) is 10.0 Å². The number of halogens is 4. The molecule has 6 aliphatic heterocycles. The van der Waals surface area contributed by atoms with Crippen molar-refractivity contribution in [3.05, 3.63) is 259 Å². The molecule has 6 aliphatic rings. The van der Waals surface area contributed by atoms with Crippen molar-refractivity contribution in [1.82, 2.24) is 79.0 Å². The van der Waals surface area contributed by atoms with Crippen molar-refractivity contribution in [2.75, 3.05) is 98.4 Å². The van der Waals surface area contributed by atoms with E-state index in [0.717, 1.165) is 147 Å². The Morgan fingerprint density at radius 2 is 0.723 bits per heavy atom. The van der Waals surface area contributed by atoms with Gasteiger partial charge in [0, 0.05) is 137 Å². The zero-order valence-corrected chi connectivity index (χ0v) is 65.0. The Morgan fingerprint density at radius 3 is 1.03 bits per heavy atom. The summed E-state index contributed by atoms with van der Waals surface area (Å²) in [6, 6.07) is 47.7. The van der Waals surface area contributed by atoms with Gasteiger partial charge in [-0.2, -0.15) is 40.3 Å². The van der Waals surface area contributed by atoms with Gasteiger partial charge in [-0.05, 0) is 137 Å². The number of hydrogen-bond donors (Lipinski definition) is 2. The summed E-state index contributed by atoms with van der Waals surface area (Å²) in [5.41, 5.74) is 13.4. The molecule has 580 valence electrons. The molecule has 14 heterocycles. The second kappa shape index (κ2) is 34.6. The highest BCUT2D eigenvalue weighted by Gasteiger charge is 2.50. The van der Waals surface area contributed by atoms with Gasteiger partial charge < -0.3 is 39.3 Å². The highest BCUT2D eigenvalue weighted by atomic mass is 35.5. The van der Waals surface area contributed by atoms with Crippen LogP contribution in [0.1, 0.15) is 144 Å². The third-order valence-corrected chi connectivity index (χ3v) is 21.3. The molecule has 0 saturated carbocycles. The van der Waals surface area contributed by atoms with E-state index in [4.69, 9.17) is 67.6 Å². The summed E-state index contributed by atoms with van der Waals surface area (Å²) in [6.07, 6.45) is 15.3. The van der Waals surface area contributed by atoms with Crippen LogP contribution in [-0.2, 0) is 48.4 Å². The van der Waals surface area contributed by atoms with E-state index in [1.807, 2.05) is 54.6 Å². The summed E-state index contributed by atoms with van der Waals surface area (Å²) in [6.45, 7) is 17.8. The number of hydrogen-bond acceptors (Lipinski definition) is 20. The monoisotopic (exact) mass is 1550 g/mol. The molecule has 4 aromatic carbocycles. The number of anilines is 4. The maximum absolute atomic E-state index is 13.6. The van der Waals surface area contributed by atoms with Crippen LogP contribution in [0.25, 0.3) is 23.8 Å². The van der Waals surface area contributed by atoms with Gasteiger partial charge in [-0.15, -0.1) is 0 Å². The van der Waals surface area contributed by atoms with E-state index in [9.17, 15) is 19.0 Å². The minimum Gasteiger partial charge on any atom is -0.390 e. The molecule has 2 atom stereocenters. The number of ether oxygens (including phenoxy) is 2. The highest BCUT2D eigenvalue weighted by molar-refractivity contribution is 6.30. The average molecular weight is 1550 g/mol.